The van der Waals surface area contributed by atoms with Crippen molar-refractivity contribution in [2.75, 3.05) is 24.0 Å². The van der Waals surface area contributed by atoms with Gasteiger partial charge in [-0.15, -0.1) is 0 Å². The molecule has 0 spiro atoms. The molecular weight excluding hydrogens is 980 g/mol. The molecular formula is C54H42Cl2N6O11. The molecule has 73 heavy (non-hydrogen) atoms. The molecule has 0 aliphatic carbocycles. The van der Waals surface area contributed by atoms with E-state index in [1.54, 1.807) is 98.8 Å². The smallest absolute Gasteiger partial charge is 0.337 e. The Hall–Kier alpha value is -9.00. The maximum atomic E-state index is 12.9. The lowest BCUT2D eigenvalue weighted by Crippen LogP contribution is -2.43. The number of esters is 2. The van der Waals surface area contributed by atoms with E-state index in [0.29, 0.717) is 33.8 Å². The van der Waals surface area contributed by atoms with Crippen molar-refractivity contribution in [3.8, 4) is 0 Å². The van der Waals surface area contributed by atoms with Crippen LogP contribution in [0.4, 0.5) is 22.7 Å². The third kappa shape index (κ3) is 11.8. The summed E-state index contributed by atoms with van der Waals surface area (Å²) in [4.78, 5) is 107. The van der Waals surface area contributed by atoms with Crippen LogP contribution in [0, 0.1) is 27.0 Å². The number of methoxy groups -OCH3 is 2. The number of carboxylic acids is 1. The molecule has 2 aliphatic heterocycles. The van der Waals surface area contributed by atoms with Gasteiger partial charge in [0.2, 0.25) is 0 Å². The highest BCUT2D eigenvalue weighted by atomic mass is 35.5. The Morgan fingerprint density at radius 3 is 1.40 bits per heavy atom. The number of carbonyl (C=O) groups excluding carboxylic acids is 7. The van der Waals surface area contributed by atoms with Crippen molar-refractivity contribution in [3.63, 3.8) is 0 Å². The summed E-state index contributed by atoms with van der Waals surface area (Å²) in [6, 6.07) is 30.2. The number of benzene rings is 6. The Kier molecular flexibility index (Phi) is 17.0. The first kappa shape index (κ1) is 53.4. The minimum absolute atomic E-state index is 0.110. The monoisotopic (exact) mass is 1020 g/mol. The molecule has 0 saturated carbocycles. The van der Waals surface area contributed by atoms with Gasteiger partial charge >= 0.3 is 17.9 Å². The predicted molar refractivity (Wildman–Crippen MR) is 271 cm³/mol. The molecule has 2 atom stereocenters. The zero-order chi connectivity index (χ0) is 53.3. The van der Waals surface area contributed by atoms with E-state index in [0.717, 1.165) is 15.4 Å². The van der Waals surface area contributed by atoms with Crippen LogP contribution in [0.5, 0.6) is 0 Å². The topological polar surface area (TPSA) is 228 Å². The van der Waals surface area contributed by atoms with Gasteiger partial charge in [-0.25, -0.2) is 29.1 Å². The van der Waals surface area contributed by atoms with Crippen LogP contribution in [0.1, 0.15) is 84.4 Å². The van der Waals surface area contributed by atoms with E-state index in [1.807, 2.05) is 0 Å². The highest BCUT2D eigenvalue weighted by Gasteiger charge is 2.38. The molecule has 0 aromatic heterocycles. The number of hydrogen-bond acceptors (Lipinski definition) is 11. The Morgan fingerprint density at radius 2 is 1.01 bits per heavy atom. The first-order valence-corrected chi connectivity index (χ1v) is 22.5. The highest BCUT2D eigenvalue weighted by Crippen LogP contribution is 2.33. The van der Waals surface area contributed by atoms with Gasteiger partial charge in [0.25, 0.3) is 29.5 Å². The number of halogens is 2. The van der Waals surface area contributed by atoms with Gasteiger partial charge < -0.3 is 25.6 Å². The van der Waals surface area contributed by atoms with Crippen LogP contribution in [0.25, 0.3) is 9.69 Å². The minimum atomic E-state index is -0.990. The number of rotatable bonds is 11. The van der Waals surface area contributed by atoms with Gasteiger partial charge in [0, 0.05) is 17.5 Å². The van der Waals surface area contributed by atoms with Gasteiger partial charge in [0.15, 0.2) is 11.4 Å². The molecule has 0 bridgehead atoms. The van der Waals surface area contributed by atoms with Crippen molar-refractivity contribution in [1.29, 1.82) is 0 Å². The van der Waals surface area contributed by atoms with Gasteiger partial charge in [-0.1, -0.05) is 96.0 Å². The zero-order valence-corrected chi connectivity index (χ0v) is 40.8. The number of ether oxygens (including phenoxy) is 2. The molecule has 8 rings (SSSR count). The SMILES string of the molecule is Cc1cccc(Cl)c1C(=O)O.[C-]#[N+]c1ccc2c(c1)C(=O)N(c1ccc(CC(N)C(=O)OC)cc1)C2=O.[C-]#[N+]c1ccc2c(c1)C(=O)N(c1ccc(CC(NC(=O)c3c(C)cccc3Cl)C(=O)OC)cc1)C2=O. The molecule has 0 radical (unpaired) electrons. The fourth-order valence-corrected chi connectivity index (χ4v) is 8.35. The van der Waals surface area contributed by atoms with Crippen LogP contribution in [-0.4, -0.2) is 78.9 Å². The van der Waals surface area contributed by atoms with Gasteiger partial charge in [-0.2, -0.15) is 0 Å². The normalized spacial score (nSPS) is 12.9. The largest absolute Gasteiger partial charge is 0.478 e. The molecule has 19 heteroatoms. The van der Waals surface area contributed by atoms with E-state index < -0.39 is 59.5 Å². The minimum Gasteiger partial charge on any atom is -0.478 e. The van der Waals surface area contributed by atoms with Crippen molar-refractivity contribution >= 4 is 93.4 Å². The van der Waals surface area contributed by atoms with Crippen LogP contribution in [0.15, 0.2) is 121 Å². The number of carboxylic acid groups (broad SMARTS) is 1. The summed E-state index contributed by atoms with van der Waals surface area (Å²) in [6.45, 7) is 17.6. The van der Waals surface area contributed by atoms with E-state index in [1.165, 1.54) is 50.6 Å². The van der Waals surface area contributed by atoms with E-state index in [4.69, 9.17) is 51.9 Å². The van der Waals surface area contributed by atoms with Gasteiger partial charge in [0.05, 0.1) is 71.0 Å². The number of aromatic carboxylic acids is 1. The summed E-state index contributed by atoms with van der Waals surface area (Å²) in [5.41, 5.74) is 11.2. The third-order valence-corrected chi connectivity index (χ3v) is 12.1. The Morgan fingerprint density at radius 1 is 0.603 bits per heavy atom. The molecule has 2 aliphatic rings. The van der Waals surface area contributed by atoms with Gasteiger partial charge in [-0.3, -0.25) is 28.8 Å². The van der Waals surface area contributed by atoms with Crippen LogP contribution in [0.2, 0.25) is 10.0 Å². The molecule has 368 valence electrons. The Bertz CT molecular complexity index is 3270. The number of hydrogen-bond donors (Lipinski definition) is 3. The lowest BCUT2D eigenvalue weighted by atomic mass is 10.0. The summed E-state index contributed by atoms with van der Waals surface area (Å²) in [5, 5.41) is 11.9. The van der Waals surface area contributed by atoms with E-state index in [9.17, 15) is 38.4 Å². The molecule has 6 aromatic rings. The average Bonchev–Trinajstić information content (AvgIpc) is 3.78. The van der Waals surface area contributed by atoms with Crippen LogP contribution in [-0.2, 0) is 31.9 Å². The zero-order valence-electron chi connectivity index (χ0n) is 39.3. The number of nitrogens with one attached hydrogen (secondary N) is 1. The summed E-state index contributed by atoms with van der Waals surface area (Å²) in [6.07, 6.45) is 0.391. The first-order valence-electron chi connectivity index (χ1n) is 21.8. The number of carbonyl (C=O) groups is 8. The van der Waals surface area contributed by atoms with Crippen LogP contribution < -0.4 is 20.9 Å². The Balaban J connectivity index is 0.000000204. The van der Waals surface area contributed by atoms with Crippen molar-refractivity contribution in [3.05, 3.63) is 210 Å². The number of imide groups is 2. The predicted octanol–water partition coefficient (Wildman–Crippen LogP) is 8.94. The number of fused-ring (bicyclic) bond motifs is 2. The number of amides is 5. The fourth-order valence-electron chi connectivity index (χ4n) is 7.74. The molecule has 0 fully saturated rings. The Labute approximate surface area is 428 Å². The standard InChI is InChI=1S/C27H20ClN3O5.C19H15N3O4.C8H7ClO2/c1-15-5-4-6-21(28)23(15)24(32)30-22(27(35)36-3)13-16-7-10-18(11-8-16)31-25(33)19-12-9-17(29-2)14-20(19)26(31)34;1-21-12-5-8-14-15(10-12)18(24)22(17(14)23)13-6-3-11(4-7-13)9-16(20)19(25)26-2;1-5-3-2-4-6(9)7(5)8(10)11/h4-12,14,22H,13H2,1,3H3,(H,30,32);3-8,10,16H,9,20H2,2H3;2-4H,1H3,(H,10,11). The van der Waals surface area contributed by atoms with Crippen molar-refractivity contribution in [1.82, 2.24) is 5.32 Å². The summed E-state index contributed by atoms with van der Waals surface area (Å²) in [7, 11) is 2.50. The van der Waals surface area contributed by atoms with Gasteiger partial charge in [-0.05, 0) is 91.1 Å². The third-order valence-electron chi connectivity index (χ3n) is 11.5. The molecule has 6 aromatic carbocycles. The second kappa shape index (κ2) is 23.3. The highest BCUT2D eigenvalue weighted by molar-refractivity contribution is 6.36. The average molecular weight is 1020 g/mol. The van der Waals surface area contributed by atoms with Gasteiger partial charge in [0.1, 0.15) is 12.1 Å². The summed E-state index contributed by atoms with van der Waals surface area (Å²) in [5.74, 6) is -4.51. The van der Waals surface area contributed by atoms with E-state index >= 15 is 0 Å². The molecule has 0 saturated heterocycles. The number of nitrogens with zero attached hydrogens (tertiary/aromatic N) is 4. The molecule has 17 nitrogen and oxygen atoms in total. The summed E-state index contributed by atoms with van der Waals surface area (Å²) >= 11 is 11.8. The lowest BCUT2D eigenvalue weighted by Gasteiger charge is -2.19. The maximum Gasteiger partial charge on any atom is 0.337 e. The van der Waals surface area contributed by atoms with Crippen molar-refractivity contribution < 1.29 is 52.9 Å². The molecule has 4 N–H and O–H groups in total. The second-order valence-corrected chi connectivity index (χ2v) is 17.0. The fraction of sp³-hybridized carbons (Fsp3) is 0.148. The second-order valence-electron chi connectivity index (χ2n) is 16.2. The maximum absolute atomic E-state index is 12.9. The van der Waals surface area contributed by atoms with Crippen molar-refractivity contribution in [2.24, 2.45) is 5.73 Å². The summed E-state index contributed by atoms with van der Waals surface area (Å²) < 4.78 is 9.45. The van der Waals surface area contributed by atoms with E-state index in [-0.39, 0.29) is 62.0 Å². The lowest BCUT2D eigenvalue weighted by molar-refractivity contribution is -0.143. The molecule has 2 unspecified atom stereocenters. The van der Waals surface area contributed by atoms with Crippen molar-refractivity contribution in [2.45, 2.75) is 38.8 Å². The van der Waals surface area contributed by atoms with Crippen LogP contribution >= 0.6 is 23.2 Å². The molecule has 2 heterocycles. The number of nitrogens with two attached hydrogens (primary N) is 1. The molecule has 5 amide bonds. The first-order chi connectivity index (χ1) is 34.8. The van der Waals surface area contributed by atoms with E-state index in [2.05, 4.69) is 19.7 Å². The quantitative estimate of drug-likeness (QED) is 0.0628. The number of anilines is 2. The number of aryl methyl sites for hydroxylation is 2. The van der Waals surface area contributed by atoms with Crippen LogP contribution in [0.3, 0.4) is 0 Å².